The Kier molecular flexibility index (Phi) is 3.89. The zero-order valence-electron chi connectivity index (χ0n) is 9.01. The average molecular weight is 200 g/mol. The summed E-state index contributed by atoms with van der Waals surface area (Å²) < 4.78 is 5.26. The van der Waals surface area contributed by atoms with Crippen molar-refractivity contribution in [1.82, 2.24) is 5.32 Å². The summed E-state index contributed by atoms with van der Waals surface area (Å²) in [6.07, 6.45) is 1.68. The Morgan fingerprint density at radius 3 is 2.86 bits per heavy atom. The van der Waals surface area contributed by atoms with Crippen LogP contribution in [0.3, 0.4) is 0 Å². The fourth-order valence-electron chi connectivity index (χ4n) is 1.62. The van der Waals surface area contributed by atoms with Crippen LogP contribution in [0.25, 0.3) is 0 Å². The lowest BCUT2D eigenvalue weighted by atomic mass is 9.99. The van der Waals surface area contributed by atoms with Crippen molar-refractivity contribution in [2.75, 3.05) is 19.8 Å². The van der Waals surface area contributed by atoms with Gasteiger partial charge in [0.15, 0.2) is 0 Å². The Morgan fingerprint density at radius 2 is 2.43 bits per heavy atom. The number of ether oxygens (including phenoxy) is 1. The highest BCUT2D eigenvalue weighted by molar-refractivity contribution is 5.79. The fraction of sp³-hybridized carbons (Fsp3) is 0.900. The Hall–Kier alpha value is -0.610. The molecular weight excluding hydrogens is 180 g/mol. The van der Waals surface area contributed by atoms with Gasteiger partial charge in [-0.2, -0.15) is 0 Å². The number of carbonyl (C=O) groups excluding carboxylic acids is 1. The first-order valence-electron chi connectivity index (χ1n) is 5.21. The predicted octanol–water partition coefficient (Wildman–Crippen LogP) is 0.267. The van der Waals surface area contributed by atoms with Crippen molar-refractivity contribution in [3.8, 4) is 0 Å². The first-order chi connectivity index (χ1) is 6.61. The molecule has 1 saturated heterocycles. The van der Waals surface area contributed by atoms with Gasteiger partial charge in [-0.15, -0.1) is 0 Å². The second-order valence-electron chi connectivity index (χ2n) is 4.19. The molecule has 0 aromatic rings. The number of hydrogen-bond donors (Lipinski definition) is 2. The second kappa shape index (κ2) is 4.75. The highest BCUT2D eigenvalue weighted by atomic mass is 16.5. The minimum absolute atomic E-state index is 0.0583. The van der Waals surface area contributed by atoms with Crippen LogP contribution in [-0.4, -0.2) is 31.2 Å². The van der Waals surface area contributed by atoms with E-state index in [4.69, 9.17) is 10.5 Å². The molecule has 0 spiro atoms. The monoisotopic (exact) mass is 200 g/mol. The molecule has 2 atom stereocenters. The zero-order valence-corrected chi connectivity index (χ0v) is 9.01. The number of rotatable bonds is 4. The molecule has 1 amide bonds. The molecule has 0 aromatic heterocycles. The van der Waals surface area contributed by atoms with Crippen molar-refractivity contribution in [2.24, 2.45) is 11.7 Å². The number of nitrogens with one attached hydrogen (secondary N) is 1. The van der Waals surface area contributed by atoms with E-state index in [0.29, 0.717) is 13.2 Å². The van der Waals surface area contributed by atoms with Crippen molar-refractivity contribution >= 4 is 5.91 Å². The summed E-state index contributed by atoms with van der Waals surface area (Å²) in [5, 5.41) is 3.01. The van der Waals surface area contributed by atoms with Crippen LogP contribution in [0.2, 0.25) is 0 Å². The van der Waals surface area contributed by atoms with Gasteiger partial charge in [-0.25, -0.2) is 0 Å². The van der Waals surface area contributed by atoms with E-state index in [1.165, 1.54) is 0 Å². The van der Waals surface area contributed by atoms with Crippen molar-refractivity contribution in [2.45, 2.75) is 32.2 Å². The highest BCUT2D eigenvalue weighted by Gasteiger charge is 2.32. The van der Waals surface area contributed by atoms with Crippen LogP contribution in [0.1, 0.15) is 26.7 Å². The summed E-state index contributed by atoms with van der Waals surface area (Å²) in [4.78, 5) is 11.7. The number of amides is 1. The second-order valence-corrected chi connectivity index (χ2v) is 4.19. The first-order valence-corrected chi connectivity index (χ1v) is 5.21. The minimum Gasteiger partial charge on any atom is -0.379 e. The molecule has 4 nitrogen and oxygen atoms in total. The quantitative estimate of drug-likeness (QED) is 0.684. The summed E-state index contributed by atoms with van der Waals surface area (Å²) in [5.41, 5.74) is 5.33. The van der Waals surface area contributed by atoms with E-state index in [9.17, 15) is 4.79 Å². The molecule has 1 heterocycles. The van der Waals surface area contributed by atoms with Crippen molar-refractivity contribution < 1.29 is 9.53 Å². The molecule has 2 unspecified atom stereocenters. The van der Waals surface area contributed by atoms with E-state index in [-0.39, 0.29) is 17.4 Å². The van der Waals surface area contributed by atoms with Crippen LogP contribution in [0.15, 0.2) is 0 Å². The molecule has 1 rings (SSSR count). The van der Waals surface area contributed by atoms with E-state index in [0.717, 1.165) is 19.4 Å². The van der Waals surface area contributed by atoms with Gasteiger partial charge in [0.2, 0.25) is 5.91 Å². The summed E-state index contributed by atoms with van der Waals surface area (Å²) in [5.74, 6) is -0.00424. The van der Waals surface area contributed by atoms with Crippen molar-refractivity contribution in [3.05, 3.63) is 0 Å². The fourth-order valence-corrected chi connectivity index (χ4v) is 1.62. The predicted molar refractivity (Wildman–Crippen MR) is 54.8 cm³/mol. The van der Waals surface area contributed by atoms with Gasteiger partial charge in [-0.05, 0) is 19.8 Å². The number of hydrogen-bond acceptors (Lipinski definition) is 3. The lowest BCUT2D eigenvalue weighted by molar-refractivity contribution is -0.126. The van der Waals surface area contributed by atoms with Crippen molar-refractivity contribution in [1.29, 1.82) is 0 Å². The molecule has 14 heavy (non-hydrogen) atoms. The van der Waals surface area contributed by atoms with E-state index in [1.54, 1.807) is 0 Å². The lowest BCUT2D eigenvalue weighted by Gasteiger charge is -2.26. The smallest absolute Gasteiger partial charge is 0.224 e. The maximum atomic E-state index is 11.7. The Morgan fingerprint density at radius 1 is 1.71 bits per heavy atom. The molecule has 1 fully saturated rings. The van der Waals surface area contributed by atoms with Crippen LogP contribution >= 0.6 is 0 Å². The van der Waals surface area contributed by atoms with Gasteiger partial charge >= 0.3 is 0 Å². The number of nitrogens with two attached hydrogens (primary N) is 1. The maximum Gasteiger partial charge on any atom is 0.224 e. The molecule has 0 bridgehead atoms. The molecule has 3 N–H and O–H groups in total. The van der Waals surface area contributed by atoms with Crippen molar-refractivity contribution in [3.63, 3.8) is 0 Å². The lowest BCUT2D eigenvalue weighted by Crippen LogP contribution is -2.49. The van der Waals surface area contributed by atoms with Crippen LogP contribution in [-0.2, 0) is 9.53 Å². The van der Waals surface area contributed by atoms with Gasteiger partial charge in [0.05, 0.1) is 12.1 Å². The summed E-state index contributed by atoms with van der Waals surface area (Å²) >= 11 is 0. The molecule has 0 aromatic carbocycles. The Balaban J connectivity index is 2.46. The normalized spacial score (nSPS) is 28.8. The van der Waals surface area contributed by atoms with Gasteiger partial charge in [0.1, 0.15) is 0 Å². The van der Waals surface area contributed by atoms with E-state index >= 15 is 0 Å². The van der Waals surface area contributed by atoms with Gasteiger partial charge in [0.25, 0.3) is 0 Å². The highest BCUT2D eigenvalue weighted by Crippen LogP contribution is 2.18. The molecule has 1 aliphatic rings. The summed E-state index contributed by atoms with van der Waals surface area (Å²) in [6, 6.07) is 0. The van der Waals surface area contributed by atoms with Crippen LogP contribution in [0, 0.1) is 5.92 Å². The van der Waals surface area contributed by atoms with Gasteiger partial charge in [0, 0.05) is 19.1 Å². The van der Waals surface area contributed by atoms with Gasteiger partial charge in [-0.1, -0.05) is 6.92 Å². The maximum absolute atomic E-state index is 11.7. The van der Waals surface area contributed by atoms with Gasteiger partial charge < -0.3 is 15.8 Å². The SMILES string of the molecule is CCC(CN)C(=O)NC1(C)CCOC1. The van der Waals surface area contributed by atoms with E-state index < -0.39 is 0 Å². The van der Waals surface area contributed by atoms with Gasteiger partial charge in [-0.3, -0.25) is 4.79 Å². The molecule has 82 valence electrons. The third-order valence-corrected chi connectivity index (χ3v) is 2.79. The average Bonchev–Trinajstić information content (AvgIpc) is 2.54. The summed E-state index contributed by atoms with van der Waals surface area (Å²) in [6.45, 7) is 5.75. The van der Waals surface area contributed by atoms with Crippen LogP contribution < -0.4 is 11.1 Å². The number of carbonyl (C=O) groups is 1. The Labute approximate surface area is 85.2 Å². The molecule has 0 saturated carbocycles. The standard InChI is InChI=1S/C10H20N2O2/c1-3-8(6-11)9(13)12-10(2)4-5-14-7-10/h8H,3-7,11H2,1-2H3,(H,12,13). The summed E-state index contributed by atoms with van der Waals surface area (Å²) in [7, 11) is 0. The molecule has 0 radical (unpaired) electrons. The zero-order chi connectivity index (χ0) is 10.6. The van der Waals surface area contributed by atoms with Crippen LogP contribution in [0.4, 0.5) is 0 Å². The topological polar surface area (TPSA) is 64.4 Å². The molecular formula is C10H20N2O2. The molecule has 1 aliphatic heterocycles. The molecule has 0 aliphatic carbocycles. The first kappa shape index (κ1) is 11.5. The largest absolute Gasteiger partial charge is 0.379 e. The Bertz CT molecular complexity index is 196. The third kappa shape index (κ3) is 2.69. The van der Waals surface area contributed by atoms with E-state index in [1.807, 2.05) is 13.8 Å². The third-order valence-electron chi connectivity index (χ3n) is 2.79. The van der Waals surface area contributed by atoms with Crippen LogP contribution in [0.5, 0.6) is 0 Å². The molecule has 4 heteroatoms. The van der Waals surface area contributed by atoms with E-state index in [2.05, 4.69) is 5.32 Å². The minimum atomic E-state index is -0.181.